The summed E-state index contributed by atoms with van der Waals surface area (Å²) in [5, 5.41) is 5.49. The Morgan fingerprint density at radius 2 is 1.85 bits per heavy atom. The van der Waals surface area contributed by atoms with E-state index < -0.39 is 48.8 Å². The van der Waals surface area contributed by atoms with Crippen LogP contribution in [-0.4, -0.2) is 38.9 Å². The smallest absolute Gasteiger partial charge is 0.389 e. The molecule has 2 aromatic heterocycles. The molecule has 1 aromatic carbocycles. The lowest BCUT2D eigenvalue weighted by Gasteiger charge is -2.33. The van der Waals surface area contributed by atoms with Crippen molar-refractivity contribution in [1.29, 1.82) is 0 Å². The van der Waals surface area contributed by atoms with Gasteiger partial charge in [0, 0.05) is 25.2 Å². The molecule has 1 aliphatic carbocycles. The second-order valence-corrected chi connectivity index (χ2v) is 10.7. The average Bonchev–Trinajstić information content (AvgIpc) is 3.53. The Labute approximate surface area is 227 Å². The van der Waals surface area contributed by atoms with Crippen LogP contribution in [-0.2, 0) is 4.79 Å². The van der Waals surface area contributed by atoms with Gasteiger partial charge in [-0.05, 0) is 43.4 Å². The fourth-order valence-electron chi connectivity index (χ4n) is 4.96. The maximum atomic E-state index is 13.9. The van der Waals surface area contributed by atoms with E-state index in [2.05, 4.69) is 25.6 Å². The van der Waals surface area contributed by atoms with Crippen molar-refractivity contribution in [1.82, 2.24) is 25.6 Å². The molecule has 3 N–H and O–H groups in total. The molecule has 1 saturated carbocycles. The number of amides is 2. The number of imidazole rings is 1. The Morgan fingerprint density at radius 3 is 2.50 bits per heavy atom. The number of oxazole rings is 1. The molecule has 3 aromatic rings. The molecular formula is C27H32F5N5O3. The molecule has 0 unspecified atom stereocenters. The number of halogens is 5. The number of carbonyl (C=O) groups excluding carboxylic acids is 2. The third-order valence-electron chi connectivity index (χ3n) is 7.19. The molecule has 1 aliphatic rings. The lowest BCUT2D eigenvalue weighted by Crippen LogP contribution is -2.38. The predicted molar refractivity (Wildman–Crippen MR) is 136 cm³/mol. The first-order valence-electron chi connectivity index (χ1n) is 13.2. The quantitative estimate of drug-likeness (QED) is 0.255. The van der Waals surface area contributed by atoms with Gasteiger partial charge in [0.1, 0.15) is 11.6 Å². The summed E-state index contributed by atoms with van der Waals surface area (Å²) >= 11 is 0. The molecule has 4 rings (SSSR count). The van der Waals surface area contributed by atoms with Crippen LogP contribution in [0.3, 0.4) is 0 Å². The van der Waals surface area contributed by atoms with E-state index in [9.17, 15) is 31.5 Å². The summed E-state index contributed by atoms with van der Waals surface area (Å²) in [5.74, 6) is -3.61. The van der Waals surface area contributed by atoms with Gasteiger partial charge in [-0.2, -0.15) is 13.2 Å². The van der Waals surface area contributed by atoms with E-state index in [0.29, 0.717) is 28.2 Å². The largest absolute Gasteiger partial charge is 0.447 e. The van der Waals surface area contributed by atoms with E-state index >= 15 is 0 Å². The van der Waals surface area contributed by atoms with Crippen molar-refractivity contribution in [2.24, 2.45) is 5.92 Å². The summed E-state index contributed by atoms with van der Waals surface area (Å²) in [6.07, 6.45) is -5.37. The normalized spacial score (nSPS) is 17.6. The van der Waals surface area contributed by atoms with E-state index in [-0.39, 0.29) is 43.2 Å². The number of H-pyrrole nitrogens is 1. The summed E-state index contributed by atoms with van der Waals surface area (Å²) < 4.78 is 70.6. The number of aromatic amines is 1. The number of aromatic nitrogens is 3. The van der Waals surface area contributed by atoms with Crippen molar-refractivity contribution in [2.75, 3.05) is 0 Å². The van der Waals surface area contributed by atoms with Crippen LogP contribution in [0.2, 0.25) is 0 Å². The first-order valence-corrected chi connectivity index (χ1v) is 13.2. The zero-order valence-corrected chi connectivity index (χ0v) is 22.4. The van der Waals surface area contributed by atoms with Crippen LogP contribution in [0, 0.1) is 5.92 Å². The Bertz CT molecular complexity index is 1340. The number of fused-ring (bicyclic) bond motifs is 1. The van der Waals surface area contributed by atoms with Crippen molar-refractivity contribution in [3.63, 3.8) is 0 Å². The number of hydrogen-bond donors (Lipinski definition) is 3. The molecular weight excluding hydrogens is 537 g/mol. The Morgan fingerprint density at radius 1 is 1.15 bits per heavy atom. The van der Waals surface area contributed by atoms with Crippen LogP contribution in [0.15, 0.2) is 29.0 Å². The molecule has 0 bridgehead atoms. The van der Waals surface area contributed by atoms with E-state index in [0.717, 1.165) is 0 Å². The Hall–Kier alpha value is -3.51. The minimum absolute atomic E-state index is 0.101. The number of carbonyl (C=O) groups is 2. The van der Waals surface area contributed by atoms with E-state index in [1.807, 2.05) is 13.8 Å². The summed E-state index contributed by atoms with van der Waals surface area (Å²) in [5.41, 5.74) is 1.84. The van der Waals surface area contributed by atoms with Gasteiger partial charge < -0.3 is 20.0 Å². The van der Waals surface area contributed by atoms with Crippen molar-refractivity contribution in [2.45, 2.75) is 89.4 Å². The average molecular weight is 570 g/mol. The standard InChI is InChI=1S/C27H32F5N5O3/c1-14(2)23-22(33-13-40-23)25(39)37-21(16-6-9-26(28,29)10-7-16)24-35-18-5-4-17(12-19(18)36-24)15(3)34-20(38)8-11-27(30,31)32/h4-5,12-16,21H,6-11H2,1-3H3,(H,34,38)(H,35,36)(H,37,39)/t15-,21+/m1/s1. The first kappa shape index (κ1) is 29.5. The molecule has 2 amide bonds. The first-order chi connectivity index (χ1) is 18.7. The molecule has 8 nitrogen and oxygen atoms in total. The molecule has 40 heavy (non-hydrogen) atoms. The van der Waals surface area contributed by atoms with Crippen molar-refractivity contribution in [3.8, 4) is 0 Å². The number of nitrogens with zero attached hydrogens (tertiary/aromatic N) is 2. The number of benzene rings is 1. The lowest BCUT2D eigenvalue weighted by atomic mass is 9.81. The molecule has 218 valence electrons. The van der Waals surface area contributed by atoms with E-state index in [4.69, 9.17) is 4.42 Å². The fourth-order valence-corrected chi connectivity index (χ4v) is 4.96. The van der Waals surface area contributed by atoms with Gasteiger partial charge in [-0.3, -0.25) is 9.59 Å². The monoisotopic (exact) mass is 569 g/mol. The number of hydrogen-bond acceptors (Lipinski definition) is 5. The number of nitrogens with one attached hydrogen (secondary N) is 3. The summed E-state index contributed by atoms with van der Waals surface area (Å²) in [7, 11) is 0. The zero-order valence-electron chi connectivity index (χ0n) is 22.4. The van der Waals surface area contributed by atoms with Gasteiger partial charge in [0.25, 0.3) is 5.91 Å². The second-order valence-electron chi connectivity index (χ2n) is 10.7. The van der Waals surface area contributed by atoms with Gasteiger partial charge in [0.2, 0.25) is 11.8 Å². The number of alkyl halides is 5. The minimum Gasteiger partial charge on any atom is -0.447 e. The molecule has 2 heterocycles. The van der Waals surface area contributed by atoms with Crippen molar-refractivity contribution >= 4 is 22.8 Å². The second kappa shape index (κ2) is 11.5. The highest BCUT2D eigenvalue weighted by atomic mass is 19.4. The zero-order chi connectivity index (χ0) is 29.2. The van der Waals surface area contributed by atoms with Crippen LogP contribution < -0.4 is 10.6 Å². The molecule has 2 atom stereocenters. The maximum Gasteiger partial charge on any atom is 0.389 e. The summed E-state index contributed by atoms with van der Waals surface area (Å²) in [6.45, 7) is 5.36. The van der Waals surface area contributed by atoms with Gasteiger partial charge >= 0.3 is 6.18 Å². The third-order valence-corrected chi connectivity index (χ3v) is 7.19. The fraction of sp³-hybridized carbons (Fsp3) is 0.556. The van der Waals surface area contributed by atoms with Crippen LogP contribution >= 0.6 is 0 Å². The van der Waals surface area contributed by atoms with Crippen molar-refractivity contribution < 1.29 is 36.0 Å². The maximum absolute atomic E-state index is 13.9. The van der Waals surface area contributed by atoms with E-state index in [1.165, 1.54) is 6.39 Å². The Kier molecular flexibility index (Phi) is 8.50. The third kappa shape index (κ3) is 7.16. The van der Waals surface area contributed by atoms with Crippen molar-refractivity contribution in [3.05, 3.63) is 47.4 Å². The minimum atomic E-state index is -4.42. The van der Waals surface area contributed by atoms with Gasteiger partial charge in [0.15, 0.2) is 12.1 Å². The van der Waals surface area contributed by atoms with Crippen LogP contribution in [0.25, 0.3) is 11.0 Å². The summed E-state index contributed by atoms with van der Waals surface area (Å²) in [6, 6.07) is 3.81. The van der Waals surface area contributed by atoms with Crippen LogP contribution in [0.4, 0.5) is 22.0 Å². The van der Waals surface area contributed by atoms with E-state index in [1.54, 1.807) is 25.1 Å². The number of rotatable bonds is 9. The summed E-state index contributed by atoms with van der Waals surface area (Å²) in [4.78, 5) is 37.1. The lowest BCUT2D eigenvalue weighted by molar-refractivity contribution is -0.144. The topological polar surface area (TPSA) is 113 Å². The molecule has 13 heteroatoms. The molecule has 0 saturated heterocycles. The molecule has 0 aliphatic heterocycles. The van der Waals surface area contributed by atoms with Gasteiger partial charge in [-0.25, -0.2) is 18.7 Å². The predicted octanol–water partition coefficient (Wildman–Crippen LogP) is 6.49. The van der Waals surface area contributed by atoms with Crippen LogP contribution in [0.1, 0.15) is 105 Å². The molecule has 1 fully saturated rings. The van der Waals surface area contributed by atoms with Gasteiger partial charge in [0.05, 0.1) is 29.5 Å². The highest BCUT2D eigenvalue weighted by Crippen LogP contribution is 2.41. The van der Waals surface area contributed by atoms with Gasteiger partial charge in [-0.1, -0.05) is 19.9 Å². The highest BCUT2D eigenvalue weighted by Gasteiger charge is 2.40. The Balaban J connectivity index is 1.57. The van der Waals surface area contributed by atoms with Crippen LogP contribution in [0.5, 0.6) is 0 Å². The van der Waals surface area contributed by atoms with Gasteiger partial charge in [-0.15, -0.1) is 0 Å². The SMILES string of the molecule is CC(C)c1ocnc1C(=O)N[C@H](c1nc2cc([C@@H](C)NC(=O)CCC(F)(F)F)ccc2[nH]1)C1CCC(F)(F)CC1. The highest BCUT2D eigenvalue weighted by molar-refractivity contribution is 5.93. The molecule has 0 radical (unpaired) electrons. The molecule has 0 spiro atoms.